The number of halogens is 1. The summed E-state index contributed by atoms with van der Waals surface area (Å²) in [5, 5.41) is 1.11. The average Bonchev–Trinajstić information content (AvgIpc) is 2.56. The van der Waals surface area contributed by atoms with E-state index < -0.39 is 0 Å². The zero-order valence-electron chi connectivity index (χ0n) is 11.5. The number of anilines is 1. The first-order valence-electron chi connectivity index (χ1n) is 7.01. The molecule has 0 spiro atoms. The normalized spacial score (nSPS) is 20.4. The minimum atomic E-state index is 0.0635. The van der Waals surface area contributed by atoms with Crippen molar-refractivity contribution in [2.24, 2.45) is 4.99 Å². The van der Waals surface area contributed by atoms with Gasteiger partial charge >= 0.3 is 0 Å². The predicted octanol–water partition coefficient (Wildman–Crippen LogP) is 3.72. The van der Waals surface area contributed by atoms with Crippen LogP contribution in [0.5, 0.6) is 0 Å². The highest BCUT2D eigenvalue weighted by atomic mass is 127. The fourth-order valence-electron chi connectivity index (χ4n) is 2.71. The number of hydrogen-bond acceptors (Lipinski definition) is 3. The lowest BCUT2D eigenvalue weighted by Crippen LogP contribution is -2.36. The summed E-state index contributed by atoms with van der Waals surface area (Å²) in [4.78, 5) is 8.54. The summed E-state index contributed by atoms with van der Waals surface area (Å²) in [5.41, 5.74) is 2.41. The Morgan fingerprint density at radius 2 is 1.90 bits per heavy atom. The molecule has 1 saturated heterocycles. The van der Waals surface area contributed by atoms with E-state index in [9.17, 15) is 0 Å². The van der Waals surface area contributed by atoms with Gasteiger partial charge in [0.15, 0.2) is 0 Å². The lowest BCUT2D eigenvalue weighted by atomic mass is 10.2. The van der Waals surface area contributed by atoms with Crippen LogP contribution in [-0.2, 0) is 4.74 Å². The molecule has 0 radical (unpaired) electrons. The molecule has 2 aliphatic heterocycles. The Balaban J connectivity index is 1.86. The quantitative estimate of drug-likeness (QED) is 0.529. The van der Waals surface area contributed by atoms with Crippen molar-refractivity contribution in [2.75, 3.05) is 31.2 Å². The molecule has 0 amide bonds. The Hall–Kier alpha value is -0.920. The molecule has 2 aromatic carbocycles. The van der Waals surface area contributed by atoms with E-state index in [1.54, 1.807) is 0 Å². The Morgan fingerprint density at radius 1 is 1.10 bits per heavy atom. The number of ether oxygens (including phenoxy) is 1. The maximum atomic E-state index is 5.44. The first-order valence-corrected chi connectivity index (χ1v) is 10.8. The van der Waals surface area contributed by atoms with Crippen LogP contribution in [-0.4, -0.2) is 26.3 Å². The molecule has 1 atom stereocenters. The van der Waals surface area contributed by atoms with Crippen LogP contribution in [0.1, 0.15) is 0 Å². The van der Waals surface area contributed by atoms with Gasteiger partial charge in [-0.05, 0) is 51.5 Å². The van der Waals surface area contributed by atoms with Crippen LogP contribution in [0.3, 0.4) is 0 Å². The highest BCUT2D eigenvalue weighted by Gasteiger charge is 2.14. The van der Waals surface area contributed by atoms with Crippen LogP contribution in [0, 0.1) is 4.51 Å². The zero-order valence-corrected chi connectivity index (χ0v) is 14.4. The maximum absolute atomic E-state index is 5.44. The van der Waals surface area contributed by atoms with E-state index in [1.807, 2.05) is 0 Å². The van der Waals surface area contributed by atoms with Gasteiger partial charge in [-0.15, -0.1) is 0 Å². The van der Waals surface area contributed by atoms with E-state index in [4.69, 9.17) is 9.73 Å². The van der Waals surface area contributed by atoms with Gasteiger partial charge in [0.25, 0.3) is 0 Å². The fourth-order valence-corrected chi connectivity index (χ4v) is 6.14. The van der Waals surface area contributed by atoms with Crippen LogP contribution in [0.15, 0.2) is 52.4 Å². The molecule has 2 aromatic rings. The average molecular weight is 410 g/mol. The van der Waals surface area contributed by atoms with Crippen molar-refractivity contribution in [3.8, 4) is 0 Å². The molecular weight excluding hydrogens is 395 g/mol. The van der Waals surface area contributed by atoms with Crippen LogP contribution in [0.25, 0.3) is 0 Å². The molecule has 0 aliphatic carbocycles. The van der Waals surface area contributed by atoms with Gasteiger partial charge in [-0.2, -0.15) is 0 Å². The van der Waals surface area contributed by atoms with E-state index in [-0.39, 0.29) is 7.66 Å². The standard InChI is InChI=1S/C16H15IN2OS/c17-21-15-4-2-1-3-13(15)18-14-6-5-12(11-16(14)21)19-7-9-20-10-8-19/h1-6,11H,7-10H2. The number of benzene rings is 2. The summed E-state index contributed by atoms with van der Waals surface area (Å²) in [6.45, 7) is 3.59. The van der Waals surface area contributed by atoms with Crippen molar-refractivity contribution in [3.05, 3.63) is 52.3 Å². The van der Waals surface area contributed by atoms with E-state index in [1.165, 1.54) is 15.1 Å². The largest absolute Gasteiger partial charge is 0.378 e. The molecule has 108 valence electrons. The number of rotatable bonds is 1. The molecular formula is C16H15IN2OS. The van der Waals surface area contributed by atoms with Crippen molar-refractivity contribution < 1.29 is 4.74 Å². The highest BCUT2D eigenvalue weighted by Crippen LogP contribution is 2.44. The monoisotopic (exact) mass is 410 g/mol. The summed E-state index contributed by atoms with van der Waals surface area (Å²) in [5.74, 6) is 0. The van der Waals surface area contributed by atoms with Crippen LogP contribution < -0.4 is 10.3 Å². The van der Waals surface area contributed by atoms with Crippen molar-refractivity contribution >= 4 is 40.2 Å². The third-order valence-electron chi connectivity index (χ3n) is 3.81. The van der Waals surface area contributed by atoms with Gasteiger partial charge in [0.05, 0.1) is 24.3 Å². The topological polar surface area (TPSA) is 24.8 Å². The SMILES string of the molecule is IS1=c2cc(N3CCOCC3)ccc2=Nc2ccccc21. The number of fused-ring (bicyclic) bond motifs is 2. The van der Waals surface area contributed by atoms with Gasteiger partial charge in [-0.1, -0.05) is 19.8 Å². The number of morpholine rings is 1. The molecule has 1 unspecified atom stereocenters. The Bertz CT molecular complexity index is 815. The number of para-hydroxylation sites is 1. The maximum Gasteiger partial charge on any atom is 0.0777 e. The van der Waals surface area contributed by atoms with Gasteiger partial charge in [0, 0.05) is 28.2 Å². The summed E-state index contributed by atoms with van der Waals surface area (Å²) >= 11 is 2.55. The molecule has 0 saturated carbocycles. The first-order chi connectivity index (χ1) is 10.3. The van der Waals surface area contributed by atoms with E-state index in [0.29, 0.717) is 0 Å². The Morgan fingerprint density at radius 3 is 2.76 bits per heavy atom. The van der Waals surface area contributed by atoms with Crippen molar-refractivity contribution in [2.45, 2.75) is 4.90 Å². The third-order valence-corrected chi connectivity index (χ3v) is 8.10. The van der Waals surface area contributed by atoms with Crippen LogP contribution in [0.2, 0.25) is 0 Å². The van der Waals surface area contributed by atoms with Crippen LogP contribution >= 0.6 is 28.9 Å². The second-order valence-electron chi connectivity index (χ2n) is 5.09. The van der Waals surface area contributed by atoms with Gasteiger partial charge in [0.1, 0.15) is 0 Å². The number of nitrogens with zero attached hydrogens (tertiary/aromatic N) is 2. The predicted molar refractivity (Wildman–Crippen MR) is 95.4 cm³/mol. The molecule has 1 fully saturated rings. The molecule has 21 heavy (non-hydrogen) atoms. The lowest BCUT2D eigenvalue weighted by Gasteiger charge is -2.29. The molecule has 0 aromatic heterocycles. The second kappa shape index (κ2) is 5.70. The molecule has 0 bridgehead atoms. The smallest absolute Gasteiger partial charge is 0.0777 e. The Kier molecular flexibility index (Phi) is 3.72. The van der Waals surface area contributed by atoms with E-state index in [0.717, 1.165) is 37.3 Å². The number of hydrogen-bond donors (Lipinski definition) is 0. The summed E-state index contributed by atoms with van der Waals surface area (Å²) in [6.07, 6.45) is 0. The first kappa shape index (κ1) is 13.7. The van der Waals surface area contributed by atoms with Crippen LogP contribution in [0.4, 0.5) is 11.4 Å². The highest BCUT2D eigenvalue weighted by molar-refractivity contribution is 14.2. The molecule has 0 N–H and O–H groups in total. The summed E-state index contributed by atoms with van der Waals surface area (Å²) < 4.78 is 6.79. The molecule has 2 heterocycles. The zero-order chi connectivity index (χ0) is 14.2. The molecule has 4 rings (SSSR count). The third kappa shape index (κ3) is 2.51. The summed E-state index contributed by atoms with van der Waals surface area (Å²) in [7, 11) is 0.0635. The second-order valence-corrected chi connectivity index (χ2v) is 9.12. The molecule has 2 aliphatic rings. The summed E-state index contributed by atoms with van der Waals surface area (Å²) in [6, 6.07) is 15.1. The van der Waals surface area contributed by atoms with Gasteiger partial charge in [-0.3, -0.25) is 0 Å². The van der Waals surface area contributed by atoms with Gasteiger partial charge in [0.2, 0.25) is 0 Å². The van der Waals surface area contributed by atoms with Gasteiger partial charge < -0.3 is 9.64 Å². The van der Waals surface area contributed by atoms with Gasteiger partial charge in [-0.25, -0.2) is 4.99 Å². The van der Waals surface area contributed by atoms with Crippen molar-refractivity contribution in [1.29, 1.82) is 0 Å². The Labute approximate surface area is 138 Å². The van der Waals surface area contributed by atoms with E-state index >= 15 is 0 Å². The minimum absolute atomic E-state index is 0.0635. The molecule has 3 nitrogen and oxygen atoms in total. The fraction of sp³-hybridized carbons (Fsp3) is 0.250. The van der Waals surface area contributed by atoms with Crippen molar-refractivity contribution in [1.82, 2.24) is 0 Å². The molecule has 5 heteroatoms. The minimum Gasteiger partial charge on any atom is -0.378 e. The lowest BCUT2D eigenvalue weighted by molar-refractivity contribution is 0.122. The van der Waals surface area contributed by atoms with Crippen molar-refractivity contribution in [3.63, 3.8) is 0 Å². The van der Waals surface area contributed by atoms with E-state index in [2.05, 4.69) is 68.6 Å².